The molecule has 0 aliphatic carbocycles. The summed E-state index contributed by atoms with van der Waals surface area (Å²) in [5, 5.41) is 7.60. The summed E-state index contributed by atoms with van der Waals surface area (Å²) in [5.41, 5.74) is 2.94. The molecule has 0 unspecified atom stereocenters. The van der Waals surface area contributed by atoms with Crippen molar-refractivity contribution in [2.45, 2.75) is 6.92 Å². The number of aromatic nitrogens is 5. The van der Waals surface area contributed by atoms with Gasteiger partial charge in [-0.1, -0.05) is 5.16 Å². The minimum atomic E-state index is -0.227. The Balaban J connectivity index is 1.75. The third kappa shape index (κ3) is 2.08. The van der Waals surface area contributed by atoms with Crippen molar-refractivity contribution in [3.8, 4) is 22.7 Å². The maximum Gasteiger partial charge on any atom is 0.273 e. The van der Waals surface area contributed by atoms with Gasteiger partial charge in [0.25, 0.3) is 11.4 Å². The summed E-state index contributed by atoms with van der Waals surface area (Å²) < 4.78 is 11.9. The Morgan fingerprint density at radius 2 is 2.08 bits per heavy atom. The molecule has 0 radical (unpaired) electrons. The van der Waals surface area contributed by atoms with Gasteiger partial charge in [0.05, 0.1) is 12.0 Å². The fourth-order valence-electron chi connectivity index (χ4n) is 2.82. The molecule has 0 saturated heterocycles. The monoisotopic (exact) mass is 333 g/mol. The smallest absolute Gasteiger partial charge is 0.273 e. The first kappa shape index (κ1) is 13.7. The van der Waals surface area contributed by atoms with E-state index in [0.29, 0.717) is 28.6 Å². The number of hydrogen-bond donors (Lipinski definition) is 1. The molecule has 8 heteroatoms. The average Bonchev–Trinajstić information content (AvgIpc) is 3.32. The number of benzene rings is 1. The number of hydrogen-bond acceptors (Lipinski definition) is 6. The number of aromatic amines is 1. The van der Waals surface area contributed by atoms with E-state index in [1.54, 1.807) is 19.4 Å². The summed E-state index contributed by atoms with van der Waals surface area (Å²) >= 11 is 0. The summed E-state index contributed by atoms with van der Waals surface area (Å²) in [4.78, 5) is 21.3. The van der Waals surface area contributed by atoms with Crippen molar-refractivity contribution >= 4 is 16.6 Å². The Bertz CT molecular complexity index is 1290. The van der Waals surface area contributed by atoms with Gasteiger partial charge in [0.2, 0.25) is 0 Å². The van der Waals surface area contributed by atoms with Gasteiger partial charge >= 0.3 is 0 Å². The van der Waals surface area contributed by atoms with E-state index >= 15 is 0 Å². The third-order valence-electron chi connectivity index (χ3n) is 4.00. The summed E-state index contributed by atoms with van der Waals surface area (Å²) in [6.45, 7) is 1.73. The average molecular weight is 333 g/mol. The molecule has 8 nitrogen and oxygen atoms in total. The van der Waals surface area contributed by atoms with E-state index in [1.165, 1.54) is 10.6 Å². The predicted octanol–water partition coefficient (Wildman–Crippen LogP) is 2.79. The van der Waals surface area contributed by atoms with E-state index < -0.39 is 0 Å². The molecule has 1 aromatic carbocycles. The van der Waals surface area contributed by atoms with Crippen LogP contribution in [0.2, 0.25) is 0 Å². The zero-order valence-corrected chi connectivity index (χ0v) is 13.1. The maximum absolute atomic E-state index is 12.4. The van der Waals surface area contributed by atoms with Gasteiger partial charge in [-0.2, -0.15) is 4.98 Å². The minimum Gasteiger partial charge on any atom is -0.464 e. The second-order valence-electron chi connectivity index (χ2n) is 5.65. The Morgan fingerprint density at radius 3 is 2.92 bits per heavy atom. The Labute approximate surface area is 139 Å². The fraction of sp³-hybridized carbons (Fsp3) is 0.0588. The SMILES string of the molecule is Cc1noc(-c2c[nH]n3c(=O)cc(-c4ccc5occc5c4)nc23)n1. The zero-order valence-electron chi connectivity index (χ0n) is 13.1. The van der Waals surface area contributed by atoms with Gasteiger partial charge in [-0.05, 0) is 31.2 Å². The number of nitrogens with zero attached hydrogens (tertiary/aromatic N) is 4. The van der Waals surface area contributed by atoms with Gasteiger partial charge in [-0.15, -0.1) is 0 Å². The Hall–Kier alpha value is -3.68. The molecule has 0 amide bonds. The molecule has 5 rings (SSSR count). The lowest BCUT2D eigenvalue weighted by atomic mass is 10.1. The maximum atomic E-state index is 12.4. The van der Waals surface area contributed by atoms with Crippen LogP contribution in [-0.2, 0) is 0 Å². The highest BCUT2D eigenvalue weighted by atomic mass is 16.5. The lowest BCUT2D eigenvalue weighted by Crippen LogP contribution is -2.14. The molecule has 0 bridgehead atoms. The van der Waals surface area contributed by atoms with Crippen molar-refractivity contribution in [1.29, 1.82) is 0 Å². The highest BCUT2D eigenvalue weighted by Gasteiger charge is 2.16. The minimum absolute atomic E-state index is 0.227. The van der Waals surface area contributed by atoms with Crippen molar-refractivity contribution in [2.75, 3.05) is 0 Å². The van der Waals surface area contributed by atoms with Gasteiger partial charge in [-0.25, -0.2) is 9.50 Å². The molecule has 0 spiro atoms. The molecule has 0 saturated carbocycles. The second-order valence-corrected chi connectivity index (χ2v) is 5.65. The van der Waals surface area contributed by atoms with Crippen LogP contribution in [-0.4, -0.2) is 24.7 Å². The molecule has 0 atom stereocenters. The van der Waals surface area contributed by atoms with Crippen LogP contribution in [0.15, 0.2) is 56.5 Å². The van der Waals surface area contributed by atoms with Crippen molar-refractivity contribution in [3.05, 3.63) is 59.0 Å². The second kappa shape index (κ2) is 4.91. The summed E-state index contributed by atoms with van der Waals surface area (Å²) in [6.07, 6.45) is 3.25. The molecule has 1 N–H and O–H groups in total. The number of furan rings is 1. The van der Waals surface area contributed by atoms with Gasteiger partial charge in [0, 0.05) is 23.2 Å². The van der Waals surface area contributed by atoms with Crippen LogP contribution in [0.4, 0.5) is 0 Å². The van der Waals surface area contributed by atoms with Gasteiger partial charge in [0.1, 0.15) is 11.1 Å². The van der Waals surface area contributed by atoms with Crippen molar-refractivity contribution in [1.82, 2.24) is 24.7 Å². The first-order chi connectivity index (χ1) is 12.2. The van der Waals surface area contributed by atoms with Crippen LogP contribution < -0.4 is 5.56 Å². The first-order valence-corrected chi connectivity index (χ1v) is 7.58. The third-order valence-corrected chi connectivity index (χ3v) is 4.00. The molecule has 25 heavy (non-hydrogen) atoms. The van der Waals surface area contributed by atoms with E-state index in [4.69, 9.17) is 8.94 Å². The summed E-state index contributed by atoms with van der Waals surface area (Å²) in [7, 11) is 0. The lowest BCUT2D eigenvalue weighted by molar-refractivity contribution is 0.426. The van der Waals surface area contributed by atoms with E-state index in [1.807, 2.05) is 24.3 Å². The molecular formula is C17H11N5O3. The molecule has 0 aliphatic rings. The molecule has 0 fully saturated rings. The molecule has 122 valence electrons. The topological polar surface area (TPSA) is 102 Å². The summed E-state index contributed by atoms with van der Waals surface area (Å²) in [6, 6.07) is 9.00. The largest absolute Gasteiger partial charge is 0.464 e. The summed E-state index contributed by atoms with van der Waals surface area (Å²) in [5.74, 6) is 0.823. The van der Waals surface area contributed by atoms with Crippen LogP contribution in [0.25, 0.3) is 39.3 Å². The number of nitrogens with one attached hydrogen (secondary N) is 1. The number of fused-ring (bicyclic) bond motifs is 2. The molecule has 5 aromatic rings. The van der Waals surface area contributed by atoms with Crippen LogP contribution in [0.3, 0.4) is 0 Å². The zero-order chi connectivity index (χ0) is 17.0. The normalized spacial score (nSPS) is 11.6. The fourth-order valence-corrected chi connectivity index (χ4v) is 2.82. The Kier molecular flexibility index (Phi) is 2.69. The van der Waals surface area contributed by atoms with Gasteiger partial charge in [-0.3, -0.25) is 9.89 Å². The highest BCUT2D eigenvalue weighted by molar-refractivity contribution is 5.83. The predicted molar refractivity (Wildman–Crippen MR) is 89.0 cm³/mol. The van der Waals surface area contributed by atoms with Crippen molar-refractivity contribution in [2.24, 2.45) is 0 Å². The number of aryl methyl sites for hydroxylation is 1. The van der Waals surface area contributed by atoms with E-state index in [2.05, 4.69) is 20.2 Å². The van der Waals surface area contributed by atoms with Crippen molar-refractivity contribution in [3.63, 3.8) is 0 Å². The van der Waals surface area contributed by atoms with E-state index in [0.717, 1.165) is 16.5 Å². The van der Waals surface area contributed by atoms with Crippen LogP contribution in [0.1, 0.15) is 5.82 Å². The van der Waals surface area contributed by atoms with Crippen LogP contribution in [0.5, 0.6) is 0 Å². The van der Waals surface area contributed by atoms with E-state index in [9.17, 15) is 4.79 Å². The molecule has 0 aliphatic heterocycles. The Morgan fingerprint density at radius 1 is 1.16 bits per heavy atom. The quantitative estimate of drug-likeness (QED) is 0.533. The number of rotatable bonds is 2. The first-order valence-electron chi connectivity index (χ1n) is 7.58. The van der Waals surface area contributed by atoms with E-state index in [-0.39, 0.29) is 5.56 Å². The lowest BCUT2D eigenvalue weighted by Gasteiger charge is -2.02. The van der Waals surface area contributed by atoms with Crippen LogP contribution in [0, 0.1) is 6.92 Å². The molecular weight excluding hydrogens is 322 g/mol. The molecule has 4 heterocycles. The van der Waals surface area contributed by atoms with Crippen molar-refractivity contribution < 1.29 is 8.94 Å². The van der Waals surface area contributed by atoms with Crippen LogP contribution >= 0.6 is 0 Å². The highest BCUT2D eigenvalue weighted by Crippen LogP contribution is 2.26. The standard InChI is InChI=1S/C17H11N5O3/c1-9-19-17(25-21-9)12-8-18-22-15(23)7-13(20-16(12)22)10-2-3-14-11(6-10)4-5-24-14/h2-8,18H,1H3. The molecule has 4 aromatic heterocycles. The number of H-pyrrole nitrogens is 1. The van der Waals surface area contributed by atoms with Gasteiger partial charge in [0.15, 0.2) is 11.5 Å². The van der Waals surface area contributed by atoms with Gasteiger partial charge < -0.3 is 8.94 Å².